The summed E-state index contributed by atoms with van der Waals surface area (Å²) in [6.45, 7) is 1.33. The van der Waals surface area contributed by atoms with Crippen molar-refractivity contribution in [3.8, 4) is 5.75 Å². The molecule has 0 saturated carbocycles. The number of nitrogens with zero attached hydrogens (tertiary/aromatic N) is 2. The van der Waals surface area contributed by atoms with E-state index in [0.717, 1.165) is 22.0 Å². The van der Waals surface area contributed by atoms with Crippen molar-refractivity contribution in [3.63, 3.8) is 0 Å². The number of amides is 2. The smallest absolute Gasteiger partial charge is 0.266 e. The molecule has 0 saturated heterocycles. The fourth-order valence-corrected chi connectivity index (χ4v) is 4.56. The van der Waals surface area contributed by atoms with Gasteiger partial charge in [0.1, 0.15) is 22.9 Å². The summed E-state index contributed by atoms with van der Waals surface area (Å²) >= 11 is 6.82. The third kappa shape index (κ3) is 4.63. The van der Waals surface area contributed by atoms with E-state index in [0.29, 0.717) is 32.4 Å². The molecular weight excluding hydrogens is 483 g/mol. The number of methoxy groups -OCH3 is 1. The van der Waals surface area contributed by atoms with E-state index in [2.05, 4.69) is 15.6 Å². The maximum absolute atomic E-state index is 13.3. The third-order valence-corrected chi connectivity index (χ3v) is 6.48. The molecule has 2 aromatic heterocycles. The average molecular weight is 501 g/mol. The lowest BCUT2D eigenvalue weighted by Gasteiger charge is -2.09. The number of aryl methyl sites for hydroxylation is 1. The number of carbonyl (C=O) groups excluding carboxylic acids is 2. The van der Waals surface area contributed by atoms with Gasteiger partial charge in [-0.05, 0) is 42.8 Å². The number of nitrogens with one attached hydrogen (secondary N) is 2. The molecule has 0 unspecified atom stereocenters. The predicted molar refractivity (Wildman–Crippen MR) is 130 cm³/mol. The molecule has 0 atom stereocenters. The second-order valence-electron chi connectivity index (χ2n) is 7.25. The summed E-state index contributed by atoms with van der Waals surface area (Å²) < 4.78 is 19.7. The van der Waals surface area contributed by atoms with Crippen molar-refractivity contribution >= 4 is 56.3 Å². The Labute approximate surface area is 202 Å². The molecule has 0 aliphatic rings. The standard InChI is InChI=1S/C23H18ClFN4O4S/c1-12-19-22(34-20(12)21(31)28-16-5-3-4-6-17(16)33-2)26-11-29(23(19)32)10-18(30)27-13-7-8-15(25)14(24)9-13/h3-9,11H,10H2,1-2H3,(H,27,30)(H,28,31). The zero-order valence-electron chi connectivity index (χ0n) is 18.0. The molecule has 4 aromatic rings. The van der Waals surface area contributed by atoms with Gasteiger partial charge in [-0.25, -0.2) is 9.37 Å². The lowest BCUT2D eigenvalue weighted by Crippen LogP contribution is -2.28. The van der Waals surface area contributed by atoms with Crippen LogP contribution in [0, 0.1) is 12.7 Å². The first kappa shape index (κ1) is 23.4. The lowest BCUT2D eigenvalue weighted by molar-refractivity contribution is -0.116. The predicted octanol–water partition coefficient (Wildman–Crippen LogP) is 4.46. The molecule has 4 rings (SSSR count). The number of anilines is 2. The van der Waals surface area contributed by atoms with E-state index in [1.165, 1.54) is 25.6 Å². The molecule has 0 fully saturated rings. The number of carbonyl (C=O) groups is 2. The summed E-state index contributed by atoms with van der Waals surface area (Å²) in [4.78, 5) is 43.4. The second-order valence-corrected chi connectivity index (χ2v) is 8.65. The number of ether oxygens (including phenoxy) is 1. The first-order valence-electron chi connectivity index (χ1n) is 9.96. The quantitative estimate of drug-likeness (QED) is 0.407. The van der Waals surface area contributed by atoms with Gasteiger partial charge in [0.05, 0.1) is 34.4 Å². The molecule has 0 radical (unpaired) electrons. The summed E-state index contributed by atoms with van der Waals surface area (Å²) in [6, 6.07) is 10.7. The van der Waals surface area contributed by atoms with Crippen LogP contribution in [-0.4, -0.2) is 28.5 Å². The summed E-state index contributed by atoms with van der Waals surface area (Å²) in [5.41, 5.74) is 0.794. The molecule has 2 N–H and O–H groups in total. The maximum Gasteiger partial charge on any atom is 0.266 e. The molecule has 0 aliphatic heterocycles. The zero-order chi connectivity index (χ0) is 24.4. The van der Waals surface area contributed by atoms with Crippen LogP contribution in [0.25, 0.3) is 10.2 Å². The van der Waals surface area contributed by atoms with Crippen molar-refractivity contribution in [2.75, 3.05) is 17.7 Å². The highest BCUT2D eigenvalue weighted by Gasteiger charge is 2.21. The molecule has 34 heavy (non-hydrogen) atoms. The lowest BCUT2D eigenvalue weighted by atomic mass is 10.2. The second kappa shape index (κ2) is 9.62. The van der Waals surface area contributed by atoms with Crippen LogP contribution in [0.15, 0.2) is 53.6 Å². The Bertz CT molecular complexity index is 1480. The highest BCUT2D eigenvalue weighted by molar-refractivity contribution is 7.20. The van der Waals surface area contributed by atoms with Crippen LogP contribution in [0.3, 0.4) is 0 Å². The van der Waals surface area contributed by atoms with Crippen LogP contribution in [0.4, 0.5) is 15.8 Å². The van der Waals surface area contributed by atoms with Crippen molar-refractivity contribution < 1.29 is 18.7 Å². The molecule has 11 heteroatoms. The van der Waals surface area contributed by atoms with Gasteiger partial charge in [-0.2, -0.15) is 0 Å². The van der Waals surface area contributed by atoms with Gasteiger partial charge >= 0.3 is 0 Å². The van der Waals surface area contributed by atoms with Gasteiger partial charge in [0.15, 0.2) is 0 Å². The molecule has 2 heterocycles. The Balaban J connectivity index is 1.58. The van der Waals surface area contributed by atoms with Gasteiger partial charge < -0.3 is 15.4 Å². The third-order valence-electron chi connectivity index (χ3n) is 5.00. The van der Waals surface area contributed by atoms with Crippen molar-refractivity contribution in [1.82, 2.24) is 9.55 Å². The van der Waals surface area contributed by atoms with Gasteiger partial charge in [-0.15, -0.1) is 11.3 Å². The Hall–Kier alpha value is -3.76. The van der Waals surface area contributed by atoms with Crippen molar-refractivity contribution in [2.24, 2.45) is 0 Å². The van der Waals surface area contributed by atoms with E-state index >= 15 is 0 Å². The highest BCUT2D eigenvalue weighted by Crippen LogP contribution is 2.29. The van der Waals surface area contributed by atoms with E-state index in [1.807, 2.05) is 0 Å². The average Bonchev–Trinajstić information content (AvgIpc) is 3.15. The molecular formula is C23H18ClFN4O4S. The topological polar surface area (TPSA) is 102 Å². The molecule has 174 valence electrons. The van der Waals surface area contributed by atoms with E-state index in [1.54, 1.807) is 31.2 Å². The van der Waals surface area contributed by atoms with E-state index in [9.17, 15) is 18.8 Å². The van der Waals surface area contributed by atoms with E-state index < -0.39 is 23.2 Å². The first-order chi connectivity index (χ1) is 16.3. The van der Waals surface area contributed by atoms with Crippen molar-refractivity contribution in [3.05, 3.63) is 80.4 Å². The fraction of sp³-hybridized carbons (Fsp3) is 0.130. The van der Waals surface area contributed by atoms with Crippen LogP contribution < -0.4 is 20.9 Å². The van der Waals surface area contributed by atoms with Crippen LogP contribution in [-0.2, 0) is 11.3 Å². The molecule has 2 amide bonds. The zero-order valence-corrected chi connectivity index (χ0v) is 19.6. The molecule has 2 aromatic carbocycles. The number of aromatic nitrogens is 2. The summed E-state index contributed by atoms with van der Waals surface area (Å²) in [5.74, 6) is -1.03. The van der Waals surface area contributed by atoms with Crippen molar-refractivity contribution in [2.45, 2.75) is 13.5 Å². The summed E-state index contributed by atoms with van der Waals surface area (Å²) in [7, 11) is 1.50. The SMILES string of the molecule is COc1ccccc1NC(=O)c1sc2ncn(CC(=O)Nc3ccc(F)c(Cl)c3)c(=O)c2c1C. The van der Waals surface area contributed by atoms with Gasteiger partial charge in [0, 0.05) is 5.69 Å². The van der Waals surface area contributed by atoms with Gasteiger partial charge in [0.2, 0.25) is 5.91 Å². The number of halogens is 2. The van der Waals surface area contributed by atoms with Crippen LogP contribution in [0.5, 0.6) is 5.75 Å². The summed E-state index contributed by atoms with van der Waals surface area (Å²) in [6.07, 6.45) is 1.25. The van der Waals surface area contributed by atoms with Crippen LogP contribution >= 0.6 is 22.9 Å². The monoisotopic (exact) mass is 500 g/mol. The number of rotatable bonds is 6. The Morgan fingerprint density at radius 1 is 1.21 bits per heavy atom. The number of benzene rings is 2. The Morgan fingerprint density at radius 3 is 2.71 bits per heavy atom. The minimum absolute atomic E-state index is 0.133. The molecule has 8 nitrogen and oxygen atoms in total. The Kier molecular flexibility index (Phi) is 6.62. The fourth-order valence-electron chi connectivity index (χ4n) is 3.34. The van der Waals surface area contributed by atoms with E-state index in [4.69, 9.17) is 16.3 Å². The molecule has 0 bridgehead atoms. The normalized spacial score (nSPS) is 10.8. The largest absolute Gasteiger partial charge is 0.495 e. The Morgan fingerprint density at radius 2 is 1.97 bits per heavy atom. The first-order valence-corrected chi connectivity index (χ1v) is 11.2. The number of hydrogen-bond acceptors (Lipinski definition) is 6. The van der Waals surface area contributed by atoms with Crippen molar-refractivity contribution in [1.29, 1.82) is 0 Å². The highest BCUT2D eigenvalue weighted by atomic mass is 35.5. The van der Waals surface area contributed by atoms with Crippen LogP contribution in [0.1, 0.15) is 15.2 Å². The van der Waals surface area contributed by atoms with E-state index in [-0.39, 0.29) is 17.0 Å². The number of hydrogen-bond donors (Lipinski definition) is 2. The molecule has 0 spiro atoms. The van der Waals surface area contributed by atoms with Gasteiger partial charge in [0.25, 0.3) is 11.5 Å². The number of thiophene rings is 1. The molecule has 0 aliphatic carbocycles. The summed E-state index contributed by atoms with van der Waals surface area (Å²) in [5, 5.41) is 5.47. The number of para-hydroxylation sites is 2. The van der Waals surface area contributed by atoms with Gasteiger partial charge in [-0.3, -0.25) is 19.0 Å². The van der Waals surface area contributed by atoms with Gasteiger partial charge in [-0.1, -0.05) is 23.7 Å². The van der Waals surface area contributed by atoms with Crippen LogP contribution in [0.2, 0.25) is 5.02 Å². The number of fused-ring (bicyclic) bond motifs is 1. The maximum atomic E-state index is 13.3. The minimum Gasteiger partial charge on any atom is -0.495 e. The minimum atomic E-state index is -0.607.